The maximum Gasteiger partial charge on any atom is 0.328 e. The summed E-state index contributed by atoms with van der Waals surface area (Å²) < 4.78 is 0. The summed E-state index contributed by atoms with van der Waals surface area (Å²) in [6.45, 7) is 24.0. The van der Waals surface area contributed by atoms with Crippen LogP contribution in [-0.4, -0.2) is 66.5 Å². The molecule has 4 aromatic carbocycles. The molecule has 0 radical (unpaired) electrons. The molecule has 0 saturated carbocycles. The molecule has 0 aliphatic heterocycles. The Morgan fingerprint density at radius 1 is 0.250 bits per heavy atom. The number of aliphatic carboxylic acids is 6. The lowest BCUT2D eigenvalue weighted by Gasteiger charge is -2.02. The third-order valence-electron chi connectivity index (χ3n) is 7.43. The van der Waals surface area contributed by atoms with Crippen LogP contribution >= 0.6 is 0 Å². The van der Waals surface area contributed by atoms with E-state index in [0.29, 0.717) is 66.8 Å². The fourth-order valence-corrected chi connectivity index (χ4v) is 5.11. The Balaban J connectivity index is -0.00000368. The number of hydrogen-bond acceptors (Lipinski definition) is 6. The average Bonchev–Trinajstić information content (AvgIpc) is 3.39. The van der Waals surface area contributed by atoms with Gasteiger partial charge in [0.25, 0.3) is 0 Å². The lowest BCUT2D eigenvalue weighted by Crippen LogP contribution is -1.90. The Labute approximate surface area is 424 Å². The summed E-state index contributed by atoms with van der Waals surface area (Å²) in [4.78, 5) is 67.1. The minimum absolute atomic E-state index is 0.415. The van der Waals surface area contributed by atoms with Crippen LogP contribution in [0.5, 0.6) is 0 Å². The maximum atomic E-state index is 11.2. The van der Waals surface area contributed by atoms with Gasteiger partial charge < -0.3 is 30.6 Å². The van der Waals surface area contributed by atoms with Gasteiger partial charge >= 0.3 is 35.8 Å². The van der Waals surface area contributed by atoms with Gasteiger partial charge in [-0.25, -0.2) is 28.8 Å². The van der Waals surface area contributed by atoms with Crippen LogP contribution in [0, 0.1) is 35.5 Å². The summed E-state index contributed by atoms with van der Waals surface area (Å²) in [5.41, 5.74) is 5.16. The van der Waals surface area contributed by atoms with Crippen molar-refractivity contribution in [2.45, 2.75) is 83.1 Å². The summed E-state index contributed by atoms with van der Waals surface area (Å²) >= 11 is 0. The molecule has 0 bridgehead atoms. The summed E-state index contributed by atoms with van der Waals surface area (Å²) in [6.07, 6.45) is 13.6. The predicted molar refractivity (Wildman–Crippen MR) is 292 cm³/mol. The van der Waals surface area contributed by atoms with Crippen LogP contribution in [0.3, 0.4) is 0 Å². The molecule has 0 aliphatic rings. The summed E-state index contributed by atoms with van der Waals surface area (Å²) in [5, 5.41) is 54.8. The minimum atomic E-state index is -1.19. The molecule has 0 atom stereocenters. The number of carbonyl (C=O) groups is 6. The van der Waals surface area contributed by atoms with Crippen LogP contribution in [0.25, 0.3) is 36.5 Å². The second kappa shape index (κ2) is 40.8. The average molecular weight is 979 g/mol. The van der Waals surface area contributed by atoms with E-state index in [1.165, 1.54) is 36.5 Å². The van der Waals surface area contributed by atoms with Gasteiger partial charge in [0.2, 0.25) is 0 Å². The highest BCUT2D eigenvalue weighted by Crippen LogP contribution is 2.18. The molecule has 0 spiro atoms. The molecular weight excluding hydrogens is 913 g/mol. The molecule has 0 saturated heterocycles. The second-order valence-electron chi connectivity index (χ2n) is 12.2. The molecule has 12 nitrogen and oxygen atoms in total. The van der Waals surface area contributed by atoms with Crippen LogP contribution in [-0.2, 0) is 28.8 Å². The first-order valence-electron chi connectivity index (χ1n) is 23.2. The van der Waals surface area contributed by atoms with Crippen molar-refractivity contribution in [3.05, 3.63) is 176 Å². The molecule has 12 heteroatoms. The van der Waals surface area contributed by atoms with Gasteiger partial charge in [0.15, 0.2) is 0 Å². The highest BCUT2D eigenvalue weighted by atomic mass is 16.4. The largest absolute Gasteiger partial charge is 0.478 e. The van der Waals surface area contributed by atoms with Crippen molar-refractivity contribution in [2.75, 3.05) is 0 Å². The molecule has 4 rings (SSSR count). The second-order valence-corrected chi connectivity index (χ2v) is 12.2. The predicted octanol–water partition coefficient (Wildman–Crippen LogP) is 12.6. The highest BCUT2D eigenvalue weighted by Gasteiger charge is 2.03. The topological polar surface area (TPSA) is 224 Å². The lowest BCUT2D eigenvalue weighted by atomic mass is 10.0. The van der Waals surface area contributed by atoms with Gasteiger partial charge in [-0.05, 0) is 143 Å². The Kier molecular flexibility index (Phi) is 38.1. The zero-order valence-corrected chi connectivity index (χ0v) is 43.0. The zero-order chi connectivity index (χ0) is 55.6. The van der Waals surface area contributed by atoms with Gasteiger partial charge in [-0.15, -0.1) is 0 Å². The highest BCUT2D eigenvalue weighted by molar-refractivity contribution is 5.89. The Hall–Kier alpha value is -9.18. The van der Waals surface area contributed by atoms with Crippen LogP contribution in [0.15, 0.2) is 109 Å². The van der Waals surface area contributed by atoms with Crippen molar-refractivity contribution in [1.29, 1.82) is 0 Å². The van der Waals surface area contributed by atoms with E-state index in [0.717, 1.165) is 36.5 Å². The van der Waals surface area contributed by atoms with Crippen LogP contribution in [0.4, 0.5) is 0 Å². The molecule has 0 aromatic heterocycles. The standard InChI is InChI=1S/C48H30O12.6C2H6/c49-43(50)13-7-37-22-34(23-38(28-37)8-14-44(51)52)4-1-31-19-32(2-5-35-24-39(9-15-45(53)54)29-40(25-35)10-16-46(55)56)21-33(20-31)3-6-36-26-41(11-17-47(57)58)30-42(27-36)12-18-48(59)60;6*1-2/h7-30H,(H,49,50)(H,51,52)(H,53,54)(H,55,56)(H,57,58)(H,59,60);6*1-2H3/b13-7+,14-8+,15-9+,16-10+,17-11+,18-12+;;;;;;. The smallest absolute Gasteiger partial charge is 0.328 e. The zero-order valence-electron chi connectivity index (χ0n) is 43.0. The van der Waals surface area contributed by atoms with Crippen molar-refractivity contribution in [3.63, 3.8) is 0 Å². The summed E-state index contributed by atoms with van der Waals surface area (Å²) in [6, 6.07) is 19.4. The first-order chi connectivity index (χ1) is 34.6. The molecule has 0 unspecified atom stereocenters. The van der Waals surface area contributed by atoms with E-state index in [4.69, 9.17) is 30.6 Å². The van der Waals surface area contributed by atoms with E-state index < -0.39 is 35.8 Å². The Morgan fingerprint density at radius 3 is 0.500 bits per heavy atom. The molecule has 378 valence electrons. The van der Waals surface area contributed by atoms with E-state index in [9.17, 15) is 28.8 Å². The number of rotatable bonds is 12. The third kappa shape index (κ3) is 31.0. The normalized spacial score (nSPS) is 9.67. The number of carboxylic acids is 6. The molecule has 72 heavy (non-hydrogen) atoms. The van der Waals surface area contributed by atoms with E-state index in [1.807, 2.05) is 83.1 Å². The van der Waals surface area contributed by atoms with Crippen LogP contribution < -0.4 is 0 Å². The molecule has 4 aromatic rings. The van der Waals surface area contributed by atoms with E-state index >= 15 is 0 Å². The van der Waals surface area contributed by atoms with Crippen LogP contribution in [0.2, 0.25) is 0 Å². The van der Waals surface area contributed by atoms with E-state index in [1.54, 1.807) is 72.8 Å². The quantitative estimate of drug-likeness (QED) is 0.0576. The van der Waals surface area contributed by atoms with Gasteiger partial charge in [-0.3, -0.25) is 0 Å². The maximum absolute atomic E-state index is 11.2. The van der Waals surface area contributed by atoms with Gasteiger partial charge in [0, 0.05) is 69.8 Å². The molecule has 0 amide bonds. The summed E-state index contributed by atoms with van der Waals surface area (Å²) in [5.74, 6) is 11.0. The monoisotopic (exact) mass is 978 g/mol. The molecule has 0 aliphatic carbocycles. The fourth-order valence-electron chi connectivity index (χ4n) is 5.11. The summed E-state index contributed by atoms with van der Waals surface area (Å²) in [7, 11) is 0. The molecule has 0 heterocycles. The van der Waals surface area contributed by atoms with Crippen molar-refractivity contribution in [2.24, 2.45) is 0 Å². The molecular formula is C60H66O12. The SMILES string of the molecule is CC.CC.CC.CC.CC.CC.O=C(O)/C=C/c1cc(C#Cc2cc(C#Cc3cc(/C=C/C(=O)O)cc(/C=C/C(=O)O)c3)cc(C#Cc3cc(/C=C/C(=O)O)cc(/C=C/C(=O)O)c3)c2)cc(/C=C/C(=O)O)c1. The van der Waals surface area contributed by atoms with Gasteiger partial charge in [-0.2, -0.15) is 0 Å². The van der Waals surface area contributed by atoms with Crippen molar-refractivity contribution in [3.8, 4) is 35.5 Å². The Bertz CT molecular complexity index is 2350. The third-order valence-corrected chi connectivity index (χ3v) is 7.43. The van der Waals surface area contributed by atoms with Crippen molar-refractivity contribution >= 4 is 72.3 Å². The number of hydrogen-bond donors (Lipinski definition) is 6. The van der Waals surface area contributed by atoms with Gasteiger partial charge in [-0.1, -0.05) is 119 Å². The number of benzene rings is 4. The lowest BCUT2D eigenvalue weighted by molar-refractivity contribution is -0.132. The number of carboxylic acid groups (broad SMARTS) is 6. The molecule has 0 fully saturated rings. The van der Waals surface area contributed by atoms with E-state index in [-0.39, 0.29) is 0 Å². The minimum Gasteiger partial charge on any atom is -0.478 e. The van der Waals surface area contributed by atoms with Gasteiger partial charge in [0.05, 0.1) is 0 Å². The van der Waals surface area contributed by atoms with E-state index in [2.05, 4.69) is 35.5 Å². The molecule has 6 N–H and O–H groups in total. The van der Waals surface area contributed by atoms with Crippen LogP contribution in [0.1, 0.15) is 150 Å². The fraction of sp³-hybridized carbons (Fsp3) is 0.200. The van der Waals surface area contributed by atoms with Gasteiger partial charge in [0.1, 0.15) is 0 Å². The van der Waals surface area contributed by atoms with Crippen molar-refractivity contribution < 1.29 is 59.4 Å². The Morgan fingerprint density at radius 2 is 0.375 bits per heavy atom. The first-order valence-corrected chi connectivity index (χ1v) is 23.2. The van der Waals surface area contributed by atoms with Crippen molar-refractivity contribution in [1.82, 2.24) is 0 Å². The first kappa shape index (κ1) is 67.1.